The van der Waals surface area contributed by atoms with Crippen LogP contribution in [0.4, 0.5) is 19.0 Å². The molecule has 20 heavy (non-hydrogen) atoms. The van der Waals surface area contributed by atoms with E-state index in [-0.39, 0.29) is 17.0 Å². The molecule has 1 aliphatic heterocycles. The van der Waals surface area contributed by atoms with Crippen LogP contribution in [0.1, 0.15) is 19.4 Å². The van der Waals surface area contributed by atoms with Gasteiger partial charge in [-0.25, -0.2) is 4.98 Å². The average Bonchev–Trinajstić information content (AvgIpc) is 2.56. The van der Waals surface area contributed by atoms with Gasteiger partial charge in [-0.3, -0.25) is 15.0 Å². The number of amides is 2. The van der Waals surface area contributed by atoms with E-state index in [1.54, 1.807) is 0 Å². The van der Waals surface area contributed by atoms with Gasteiger partial charge in [0.05, 0.1) is 5.56 Å². The van der Waals surface area contributed by atoms with Crippen molar-refractivity contribution >= 4 is 17.6 Å². The molecule has 1 aliphatic rings. The highest BCUT2D eigenvalue weighted by atomic mass is 19.4. The minimum atomic E-state index is -4.49. The lowest BCUT2D eigenvalue weighted by Gasteiger charge is -2.16. The molecule has 1 aromatic heterocycles. The van der Waals surface area contributed by atoms with Gasteiger partial charge in [-0.2, -0.15) is 18.2 Å². The Balaban J connectivity index is 2.17. The number of rotatable bonds is 2. The first-order valence-corrected chi connectivity index (χ1v) is 5.58. The number of carbonyl (C=O) groups excluding carboxylic acids is 2. The Bertz CT molecular complexity index is 581. The average molecular weight is 285 g/mol. The third-order valence-corrected chi connectivity index (χ3v) is 2.93. The number of carbonyl (C=O) groups is 2. The third-order valence-electron chi connectivity index (χ3n) is 2.93. The van der Waals surface area contributed by atoms with Crippen LogP contribution in [-0.2, 0) is 15.8 Å². The smallest absolute Gasteiger partial charge is 0.271 e. The Morgan fingerprint density at radius 3 is 2.05 bits per heavy atom. The Labute approximate surface area is 112 Å². The highest BCUT2D eigenvalue weighted by Crippen LogP contribution is 2.29. The number of hydrazine groups is 1. The topological polar surface area (TPSA) is 62.3 Å². The molecule has 0 bridgehead atoms. The molecular weight excluding hydrogens is 275 g/mol. The Morgan fingerprint density at radius 2 is 1.65 bits per heavy atom. The lowest BCUT2D eigenvalue weighted by Crippen LogP contribution is -2.37. The molecule has 0 saturated carbocycles. The van der Waals surface area contributed by atoms with E-state index in [1.807, 2.05) is 0 Å². The van der Waals surface area contributed by atoms with Crippen molar-refractivity contribution in [3.8, 4) is 0 Å². The van der Waals surface area contributed by atoms with E-state index in [0.717, 1.165) is 17.1 Å². The van der Waals surface area contributed by atoms with Gasteiger partial charge in [0.25, 0.3) is 11.8 Å². The summed E-state index contributed by atoms with van der Waals surface area (Å²) >= 11 is 0. The van der Waals surface area contributed by atoms with E-state index in [0.29, 0.717) is 6.20 Å². The van der Waals surface area contributed by atoms with E-state index < -0.39 is 23.6 Å². The minimum absolute atomic E-state index is 0.0257. The summed E-state index contributed by atoms with van der Waals surface area (Å²) in [5.41, 5.74) is 2.06. The third kappa shape index (κ3) is 2.36. The monoisotopic (exact) mass is 285 g/mol. The molecule has 2 heterocycles. The maximum absolute atomic E-state index is 12.4. The first-order chi connectivity index (χ1) is 9.21. The fourth-order valence-electron chi connectivity index (χ4n) is 1.59. The van der Waals surface area contributed by atoms with Gasteiger partial charge in [0.15, 0.2) is 0 Å². The molecule has 0 radical (unpaired) electrons. The van der Waals surface area contributed by atoms with Crippen LogP contribution in [-0.4, -0.2) is 21.8 Å². The summed E-state index contributed by atoms with van der Waals surface area (Å²) in [6.07, 6.45) is -3.86. The van der Waals surface area contributed by atoms with Gasteiger partial charge in [0.1, 0.15) is 5.82 Å². The molecule has 5 nitrogen and oxygen atoms in total. The predicted molar refractivity (Wildman–Crippen MR) is 63.1 cm³/mol. The molecule has 1 N–H and O–H groups in total. The van der Waals surface area contributed by atoms with E-state index >= 15 is 0 Å². The Morgan fingerprint density at radius 1 is 1.10 bits per heavy atom. The zero-order valence-electron chi connectivity index (χ0n) is 10.6. The number of nitrogens with zero attached hydrogens (tertiary/aromatic N) is 2. The summed E-state index contributed by atoms with van der Waals surface area (Å²) in [5.74, 6) is -1.12. The number of nitrogens with one attached hydrogen (secondary N) is 1. The molecule has 0 unspecified atom stereocenters. The molecule has 0 spiro atoms. The highest BCUT2D eigenvalue weighted by Gasteiger charge is 2.34. The number of halogens is 3. The molecule has 2 amide bonds. The number of alkyl halides is 3. The molecule has 0 atom stereocenters. The van der Waals surface area contributed by atoms with Crippen LogP contribution in [0.2, 0.25) is 0 Å². The van der Waals surface area contributed by atoms with Crippen LogP contribution in [0, 0.1) is 0 Å². The van der Waals surface area contributed by atoms with Gasteiger partial charge >= 0.3 is 6.18 Å². The number of anilines is 1. The van der Waals surface area contributed by atoms with Gasteiger partial charge in [-0.1, -0.05) is 0 Å². The zero-order chi connectivity index (χ0) is 15.1. The molecule has 8 heteroatoms. The molecule has 0 aliphatic carbocycles. The number of hydrogen-bond donors (Lipinski definition) is 1. The van der Waals surface area contributed by atoms with Crippen molar-refractivity contribution in [3.63, 3.8) is 0 Å². The molecule has 0 aromatic carbocycles. The van der Waals surface area contributed by atoms with Crippen molar-refractivity contribution in [2.24, 2.45) is 0 Å². The molecule has 1 aromatic rings. The number of pyridine rings is 1. The van der Waals surface area contributed by atoms with Crippen LogP contribution >= 0.6 is 0 Å². The predicted octanol–water partition coefficient (Wildman–Crippen LogP) is 2.13. The van der Waals surface area contributed by atoms with Crippen molar-refractivity contribution in [3.05, 3.63) is 35.0 Å². The molecule has 2 rings (SSSR count). The number of hydrogen-bond acceptors (Lipinski definition) is 4. The van der Waals surface area contributed by atoms with Gasteiger partial charge in [0, 0.05) is 17.3 Å². The first kappa shape index (κ1) is 14.0. The summed E-state index contributed by atoms with van der Waals surface area (Å²) in [6, 6.07) is 1.86. The van der Waals surface area contributed by atoms with Gasteiger partial charge in [-0.05, 0) is 26.0 Å². The van der Waals surface area contributed by atoms with Crippen LogP contribution in [0.15, 0.2) is 29.5 Å². The fourth-order valence-corrected chi connectivity index (χ4v) is 1.59. The zero-order valence-corrected chi connectivity index (χ0v) is 10.6. The second kappa shape index (κ2) is 4.62. The Hall–Kier alpha value is -2.38. The lowest BCUT2D eigenvalue weighted by molar-refractivity contribution is -0.138. The normalized spacial score (nSPS) is 16.1. The number of aromatic nitrogens is 1. The van der Waals surface area contributed by atoms with E-state index in [2.05, 4.69) is 10.4 Å². The van der Waals surface area contributed by atoms with Crippen molar-refractivity contribution < 1.29 is 22.8 Å². The lowest BCUT2D eigenvalue weighted by atomic mass is 10.2. The Kier molecular flexibility index (Phi) is 3.24. The fraction of sp³-hybridized carbons (Fsp3) is 0.250. The van der Waals surface area contributed by atoms with Crippen LogP contribution in [0.3, 0.4) is 0 Å². The van der Waals surface area contributed by atoms with Crippen LogP contribution in [0.25, 0.3) is 0 Å². The van der Waals surface area contributed by atoms with Crippen molar-refractivity contribution in [1.29, 1.82) is 0 Å². The molecule has 0 fully saturated rings. The standard InChI is InChI=1S/C12H10F3N3O2/c1-6-7(2)11(20)18(10(6)19)17-9-4-3-8(5-16-9)12(13,14)15/h3-5H,1-2H3,(H,16,17). The van der Waals surface area contributed by atoms with E-state index in [4.69, 9.17) is 0 Å². The van der Waals surface area contributed by atoms with Gasteiger partial charge in [-0.15, -0.1) is 0 Å². The largest absolute Gasteiger partial charge is 0.417 e. The summed E-state index contributed by atoms with van der Waals surface area (Å²) in [6.45, 7) is 2.99. The maximum Gasteiger partial charge on any atom is 0.417 e. The van der Waals surface area contributed by atoms with Gasteiger partial charge in [0.2, 0.25) is 0 Å². The molecule has 0 saturated heterocycles. The van der Waals surface area contributed by atoms with Crippen molar-refractivity contribution in [2.75, 3.05) is 5.43 Å². The summed E-state index contributed by atoms with van der Waals surface area (Å²) in [7, 11) is 0. The van der Waals surface area contributed by atoms with E-state index in [9.17, 15) is 22.8 Å². The molecular formula is C12H10F3N3O2. The van der Waals surface area contributed by atoms with Crippen LogP contribution in [0.5, 0.6) is 0 Å². The quantitative estimate of drug-likeness (QED) is 0.846. The van der Waals surface area contributed by atoms with Crippen LogP contribution < -0.4 is 5.43 Å². The van der Waals surface area contributed by atoms with Crippen molar-refractivity contribution in [1.82, 2.24) is 9.99 Å². The second-order valence-corrected chi connectivity index (χ2v) is 4.24. The van der Waals surface area contributed by atoms with Crippen molar-refractivity contribution in [2.45, 2.75) is 20.0 Å². The van der Waals surface area contributed by atoms with Gasteiger partial charge < -0.3 is 0 Å². The highest BCUT2D eigenvalue weighted by molar-refractivity contribution is 6.19. The molecule has 106 valence electrons. The maximum atomic E-state index is 12.4. The summed E-state index contributed by atoms with van der Waals surface area (Å²) < 4.78 is 37.1. The second-order valence-electron chi connectivity index (χ2n) is 4.24. The summed E-state index contributed by atoms with van der Waals surface area (Å²) in [4.78, 5) is 27.0. The SMILES string of the molecule is CC1=C(C)C(=O)N(Nc2ccc(C(F)(F)F)cn2)C1=O. The van der Waals surface area contributed by atoms with E-state index in [1.165, 1.54) is 13.8 Å². The first-order valence-electron chi connectivity index (χ1n) is 5.58. The number of imide groups is 1. The minimum Gasteiger partial charge on any atom is -0.271 e. The summed E-state index contributed by atoms with van der Waals surface area (Å²) in [5, 5.41) is 0.722.